The zero-order chi connectivity index (χ0) is 12.2. The van der Waals surface area contributed by atoms with Crippen LogP contribution in [0, 0.1) is 0 Å². The first-order valence-corrected chi connectivity index (χ1v) is 7.45. The first-order valence-electron chi connectivity index (χ1n) is 7.45. The molecule has 1 saturated carbocycles. The molecule has 1 saturated heterocycles. The zero-order valence-corrected chi connectivity index (χ0v) is 11.1. The van der Waals surface area contributed by atoms with E-state index in [-0.39, 0.29) is 0 Å². The van der Waals surface area contributed by atoms with Gasteiger partial charge in [-0.1, -0.05) is 43.2 Å². The summed E-state index contributed by atoms with van der Waals surface area (Å²) in [7, 11) is 0. The van der Waals surface area contributed by atoms with Crippen LogP contribution < -0.4 is 5.32 Å². The molecule has 98 valence electrons. The third-order valence-electron chi connectivity index (χ3n) is 4.58. The van der Waals surface area contributed by atoms with E-state index < -0.39 is 0 Å². The van der Waals surface area contributed by atoms with Crippen LogP contribution in [0.25, 0.3) is 0 Å². The molecule has 2 nitrogen and oxygen atoms in total. The van der Waals surface area contributed by atoms with Crippen LogP contribution in [0.5, 0.6) is 0 Å². The van der Waals surface area contributed by atoms with E-state index in [9.17, 15) is 0 Å². The van der Waals surface area contributed by atoms with Gasteiger partial charge in [-0.2, -0.15) is 0 Å². The minimum atomic E-state index is 0.762. The number of benzene rings is 1. The van der Waals surface area contributed by atoms with Gasteiger partial charge in [0, 0.05) is 32.2 Å². The third kappa shape index (κ3) is 2.60. The summed E-state index contributed by atoms with van der Waals surface area (Å²) < 4.78 is 0. The Bertz CT molecular complexity index is 357. The lowest BCUT2D eigenvalue weighted by atomic mass is 9.79. The van der Waals surface area contributed by atoms with Crippen molar-refractivity contribution >= 4 is 0 Å². The van der Waals surface area contributed by atoms with E-state index in [0.717, 1.165) is 25.0 Å². The van der Waals surface area contributed by atoms with Gasteiger partial charge in [-0.15, -0.1) is 0 Å². The maximum absolute atomic E-state index is 3.47. The highest BCUT2D eigenvalue weighted by Crippen LogP contribution is 2.36. The summed E-state index contributed by atoms with van der Waals surface area (Å²) in [5.74, 6) is 0.762. The molecule has 1 aliphatic heterocycles. The summed E-state index contributed by atoms with van der Waals surface area (Å²) in [5.41, 5.74) is 1.56. The van der Waals surface area contributed by atoms with Gasteiger partial charge >= 0.3 is 0 Å². The lowest BCUT2D eigenvalue weighted by Crippen LogP contribution is -2.51. The van der Waals surface area contributed by atoms with Crippen LogP contribution in [0.4, 0.5) is 0 Å². The quantitative estimate of drug-likeness (QED) is 0.860. The Labute approximate surface area is 110 Å². The molecule has 0 unspecified atom stereocenters. The number of hydrogen-bond donors (Lipinski definition) is 1. The normalized spacial score (nSPS) is 30.2. The van der Waals surface area contributed by atoms with Gasteiger partial charge in [0.2, 0.25) is 0 Å². The SMILES string of the molecule is c1ccc([C@@H]2CCCC[C@@H]2N2CCNCC2)cc1. The maximum Gasteiger partial charge on any atom is 0.0165 e. The lowest BCUT2D eigenvalue weighted by Gasteiger charge is -2.42. The second-order valence-electron chi connectivity index (χ2n) is 5.65. The highest BCUT2D eigenvalue weighted by atomic mass is 15.2. The Balaban J connectivity index is 1.77. The van der Waals surface area contributed by atoms with Gasteiger partial charge in [-0.3, -0.25) is 4.90 Å². The molecule has 2 fully saturated rings. The molecule has 1 aromatic carbocycles. The molecule has 0 aromatic heterocycles. The molecule has 18 heavy (non-hydrogen) atoms. The fourth-order valence-corrected chi connectivity index (χ4v) is 3.65. The molecular weight excluding hydrogens is 220 g/mol. The summed E-state index contributed by atoms with van der Waals surface area (Å²) in [5, 5.41) is 3.47. The van der Waals surface area contributed by atoms with E-state index >= 15 is 0 Å². The second-order valence-corrected chi connectivity index (χ2v) is 5.65. The zero-order valence-electron chi connectivity index (χ0n) is 11.1. The lowest BCUT2D eigenvalue weighted by molar-refractivity contribution is 0.120. The van der Waals surface area contributed by atoms with Crippen molar-refractivity contribution in [3.8, 4) is 0 Å². The van der Waals surface area contributed by atoms with Crippen molar-refractivity contribution in [2.75, 3.05) is 26.2 Å². The fraction of sp³-hybridized carbons (Fsp3) is 0.625. The van der Waals surface area contributed by atoms with Gasteiger partial charge in [-0.05, 0) is 24.3 Å². The van der Waals surface area contributed by atoms with Crippen LogP contribution in [0.3, 0.4) is 0 Å². The second kappa shape index (κ2) is 5.85. The Morgan fingerprint density at radius 2 is 1.67 bits per heavy atom. The molecular formula is C16H24N2. The Kier molecular flexibility index (Phi) is 3.96. The number of hydrogen-bond acceptors (Lipinski definition) is 2. The summed E-state index contributed by atoms with van der Waals surface area (Å²) in [6.45, 7) is 4.79. The van der Waals surface area contributed by atoms with Gasteiger partial charge in [0.1, 0.15) is 0 Å². The van der Waals surface area contributed by atoms with E-state index in [4.69, 9.17) is 0 Å². The molecule has 1 aromatic rings. The Morgan fingerprint density at radius 1 is 0.944 bits per heavy atom. The number of piperazine rings is 1. The molecule has 2 heteroatoms. The average molecular weight is 244 g/mol. The van der Waals surface area contributed by atoms with Crippen LogP contribution >= 0.6 is 0 Å². The van der Waals surface area contributed by atoms with Gasteiger partial charge in [0.25, 0.3) is 0 Å². The van der Waals surface area contributed by atoms with E-state index in [0.29, 0.717) is 0 Å². The minimum Gasteiger partial charge on any atom is -0.314 e. The summed E-state index contributed by atoms with van der Waals surface area (Å²) in [4.78, 5) is 2.73. The third-order valence-corrected chi connectivity index (χ3v) is 4.58. The van der Waals surface area contributed by atoms with Crippen LogP contribution in [0.15, 0.2) is 30.3 Å². The Morgan fingerprint density at radius 3 is 2.44 bits per heavy atom. The monoisotopic (exact) mass is 244 g/mol. The predicted octanol–water partition coefficient (Wildman–Crippen LogP) is 2.62. The maximum atomic E-state index is 3.47. The number of rotatable bonds is 2. The molecule has 0 bridgehead atoms. The molecule has 1 N–H and O–H groups in total. The predicted molar refractivity (Wildman–Crippen MR) is 75.9 cm³/mol. The highest BCUT2D eigenvalue weighted by Gasteiger charge is 2.31. The van der Waals surface area contributed by atoms with Crippen molar-refractivity contribution in [3.05, 3.63) is 35.9 Å². The van der Waals surface area contributed by atoms with E-state index in [2.05, 4.69) is 40.5 Å². The van der Waals surface area contributed by atoms with Crippen LogP contribution in [0.1, 0.15) is 37.2 Å². The number of nitrogens with one attached hydrogen (secondary N) is 1. The first-order chi connectivity index (χ1) is 8.95. The first kappa shape index (κ1) is 12.2. The van der Waals surface area contributed by atoms with Gasteiger partial charge in [-0.25, -0.2) is 0 Å². The molecule has 0 radical (unpaired) electrons. The molecule has 2 atom stereocenters. The van der Waals surface area contributed by atoms with E-state index in [1.54, 1.807) is 5.56 Å². The summed E-state index contributed by atoms with van der Waals surface area (Å²) in [6.07, 6.45) is 5.58. The van der Waals surface area contributed by atoms with Crippen molar-refractivity contribution in [1.82, 2.24) is 10.2 Å². The minimum absolute atomic E-state index is 0.762. The van der Waals surface area contributed by atoms with Crippen LogP contribution in [-0.4, -0.2) is 37.1 Å². The van der Waals surface area contributed by atoms with Gasteiger partial charge in [0.15, 0.2) is 0 Å². The molecule has 1 aliphatic carbocycles. The Hall–Kier alpha value is -0.860. The van der Waals surface area contributed by atoms with E-state index in [1.165, 1.54) is 38.8 Å². The molecule has 3 rings (SSSR count). The summed E-state index contributed by atoms with van der Waals surface area (Å²) in [6, 6.07) is 11.9. The van der Waals surface area contributed by atoms with E-state index in [1.807, 2.05) is 0 Å². The fourth-order valence-electron chi connectivity index (χ4n) is 3.65. The molecule has 1 heterocycles. The van der Waals surface area contributed by atoms with Crippen molar-refractivity contribution in [3.63, 3.8) is 0 Å². The molecule has 0 amide bonds. The smallest absolute Gasteiger partial charge is 0.0165 e. The van der Waals surface area contributed by atoms with Crippen molar-refractivity contribution in [2.45, 2.75) is 37.6 Å². The topological polar surface area (TPSA) is 15.3 Å². The number of nitrogens with zero attached hydrogens (tertiary/aromatic N) is 1. The average Bonchev–Trinajstić information content (AvgIpc) is 2.49. The largest absolute Gasteiger partial charge is 0.314 e. The van der Waals surface area contributed by atoms with Crippen molar-refractivity contribution < 1.29 is 0 Å². The van der Waals surface area contributed by atoms with Crippen LogP contribution in [-0.2, 0) is 0 Å². The molecule has 0 spiro atoms. The van der Waals surface area contributed by atoms with Gasteiger partial charge in [0.05, 0.1) is 0 Å². The van der Waals surface area contributed by atoms with Crippen molar-refractivity contribution in [2.24, 2.45) is 0 Å². The summed E-state index contributed by atoms with van der Waals surface area (Å²) >= 11 is 0. The van der Waals surface area contributed by atoms with Crippen molar-refractivity contribution in [1.29, 1.82) is 0 Å². The van der Waals surface area contributed by atoms with Gasteiger partial charge < -0.3 is 5.32 Å². The molecule has 2 aliphatic rings. The standard InChI is InChI=1S/C16H24N2/c1-2-6-14(7-3-1)15-8-4-5-9-16(15)18-12-10-17-11-13-18/h1-3,6-7,15-17H,4-5,8-13H2/t15-,16-/m0/s1. The van der Waals surface area contributed by atoms with Crippen LogP contribution in [0.2, 0.25) is 0 Å². The highest BCUT2D eigenvalue weighted by molar-refractivity contribution is 5.22.